The number of aryl methyl sites for hydroxylation is 1. The minimum absolute atomic E-state index is 0.344. The standard InChI is InChI=1S/C26H22FN7O3/c1-16-12-23(31-24(35)11-5-17-4-10-21(36-2)22(13-17)37-3)34(32-16)26-20-14-30-33(25(20)28-15-29-26)19-8-6-18(27)7-9-19/h4-15H,1-3H3,(H,31,35)/b11-5+. The van der Waals surface area contributed by atoms with E-state index in [0.717, 1.165) is 5.56 Å². The first kappa shape index (κ1) is 23.7. The Hall–Kier alpha value is -5.06. The largest absolute Gasteiger partial charge is 0.493 e. The highest BCUT2D eigenvalue weighted by Crippen LogP contribution is 2.28. The predicted octanol–water partition coefficient (Wildman–Crippen LogP) is 4.12. The maximum atomic E-state index is 13.4. The fourth-order valence-electron chi connectivity index (χ4n) is 3.82. The first-order chi connectivity index (χ1) is 18.0. The summed E-state index contributed by atoms with van der Waals surface area (Å²) in [5, 5.41) is 12.4. The Morgan fingerprint density at radius 3 is 2.54 bits per heavy atom. The molecule has 0 saturated carbocycles. The number of rotatable bonds is 7. The van der Waals surface area contributed by atoms with Gasteiger partial charge in [0.15, 0.2) is 23.0 Å². The number of aromatic nitrogens is 6. The van der Waals surface area contributed by atoms with Crippen LogP contribution in [0.5, 0.6) is 11.5 Å². The molecule has 10 nitrogen and oxygen atoms in total. The lowest BCUT2D eigenvalue weighted by molar-refractivity contribution is -0.111. The molecule has 3 heterocycles. The number of hydrogen-bond acceptors (Lipinski definition) is 7. The Morgan fingerprint density at radius 1 is 1.00 bits per heavy atom. The third-order valence-corrected chi connectivity index (χ3v) is 5.53. The Morgan fingerprint density at radius 2 is 1.78 bits per heavy atom. The average Bonchev–Trinajstić information content (AvgIpc) is 3.50. The molecule has 0 saturated heterocycles. The van der Waals surface area contributed by atoms with E-state index in [9.17, 15) is 9.18 Å². The second-order valence-electron chi connectivity index (χ2n) is 7.99. The van der Waals surface area contributed by atoms with Gasteiger partial charge in [-0.1, -0.05) is 6.07 Å². The van der Waals surface area contributed by atoms with Crippen LogP contribution in [0.2, 0.25) is 0 Å². The van der Waals surface area contributed by atoms with E-state index in [0.29, 0.717) is 45.5 Å². The van der Waals surface area contributed by atoms with Crippen molar-refractivity contribution in [3.63, 3.8) is 0 Å². The van der Waals surface area contributed by atoms with Gasteiger partial charge in [-0.2, -0.15) is 14.9 Å². The molecule has 0 unspecified atom stereocenters. The van der Waals surface area contributed by atoms with Gasteiger partial charge < -0.3 is 14.8 Å². The van der Waals surface area contributed by atoms with Crippen LogP contribution in [0.3, 0.4) is 0 Å². The van der Waals surface area contributed by atoms with Crippen LogP contribution in [-0.2, 0) is 4.79 Å². The van der Waals surface area contributed by atoms with Crippen molar-refractivity contribution in [3.05, 3.63) is 84.2 Å². The van der Waals surface area contributed by atoms with Crippen LogP contribution in [0.1, 0.15) is 11.3 Å². The summed E-state index contributed by atoms with van der Waals surface area (Å²) in [5.74, 6) is 1.32. The van der Waals surface area contributed by atoms with Crippen molar-refractivity contribution < 1.29 is 18.7 Å². The molecule has 0 radical (unpaired) electrons. The first-order valence-electron chi connectivity index (χ1n) is 11.2. The van der Waals surface area contributed by atoms with Crippen LogP contribution in [0.15, 0.2) is 67.1 Å². The highest BCUT2D eigenvalue weighted by Gasteiger charge is 2.17. The molecule has 11 heteroatoms. The van der Waals surface area contributed by atoms with E-state index in [1.165, 1.54) is 29.2 Å². The summed E-state index contributed by atoms with van der Waals surface area (Å²) in [7, 11) is 3.11. The summed E-state index contributed by atoms with van der Waals surface area (Å²) < 4.78 is 27.0. The van der Waals surface area contributed by atoms with Gasteiger partial charge in [-0.15, -0.1) is 0 Å². The van der Waals surface area contributed by atoms with Crippen molar-refractivity contribution in [2.75, 3.05) is 19.5 Å². The number of nitrogens with zero attached hydrogens (tertiary/aromatic N) is 6. The van der Waals surface area contributed by atoms with Gasteiger partial charge >= 0.3 is 0 Å². The van der Waals surface area contributed by atoms with E-state index in [1.54, 1.807) is 61.5 Å². The van der Waals surface area contributed by atoms with Gasteiger partial charge in [-0.05, 0) is 55.0 Å². The quantitative estimate of drug-likeness (QED) is 0.336. The zero-order chi connectivity index (χ0) is 25.9. The summed E-state index contributed by atoms with van der Waals surface area (Å²) in [6, 6.07) is 13.0. The van der Waals surface area contributed by atoms with Crippen molar-refractivity contribution in [1.29, 1.82) is 0 Å². The normalized spacial score (nSPS) is 11.2. The lowest BCUT2D eigenvalue weighted by atomic mass is 10.2. The zero-order valence-electron chi connectivity index (χ0n) is 20.2. The molecule has 186 valence electrons. The lowest BCUT2D eigenvalue weighted by Gasteiger charge is -2.09. The smallest absolute Gasteiger partial charge is 0.249 e. The van der Waals surface area contributed by atoms with Crippen LogP contribution >= 0.6 is 0 Å². The Labute approximate surface area is 211 Å². The summed E-state index contributed by atoms with van der Waals surface area (Å²) >= 11 is 0. The molecule has 0 atom stereocenters. The summed E-state index contributed by atoms with van der Waals surface area (Å²) in [5.41, 5.74) is 2.60. The predicted molar refractivity (Wildman–Crippen MR) is 136 cm³/mol. The van der Waals surface area contributed by atoms with Gasteiger partial charge in [0.1, 0.15) is 18.0 Å². The van der Waals surface area contributed by atoms with Gasteiger partial charge in [0.05, 0.1) is 37.2 Å². The fraction of sp³-hybridized carbons (Fsp3) is 0.115. The Kier molecular flexibility index (Phi) is 6.33. The fourth-order valence-corrected chi connectivity index (χ4v) is 3.82. The molecule has 0 bridgehead atoms. The zero-order valence-corrected chi connectivity index (χ0v) is 20.2. The third kappa shape index (κ3) is 4.74. The number of nitrogens with one attached hydrogen (secondary N) is 1. The van der Waals surface area contributed by atoms with Crippen molar-refractivity contribution in [1.82, 2.24) is 29.5 Å². The Bertz CT molecular complexity index is 1620. The number of methoxy groups -OCH3 is 2. The molecule has 5 aromatic rings. The van der Waals surface area contributed by atoms with Crippen molar-refractivity contribution in [2.24, 2.45) is 0 Å². The number of ether oxygens (including phenoxy) is 2. The van der Waals surface area contributed by atoms with Crippen molar-refractivity contribution in [3.8, 4) is 23.0 Å². The number of anilines is 1. The van der Waals surface area contributed by atoms with Crippen molar-refractivity contribution in [2.45, 2.75) is 6.92 Å². The molecular weight excluding hydrogens is 477 g/mol. The topological polar surface area (TPSA) is 109 Å². The molecule has 0 spiro atoms. The first-order valence-corrected chi connectivity index (χ1v) is 11.2. The van der Waals surface area contributed by atoms with Crippen molar-refractivity contribution >= 4 is 28.8 Å². The van der Waals surface area contributed by atoms with E-state index in [4.69, 9.17) is 9.47 Å². The molecule has 1 N–H and O–H groups in total. The van der Waals surface area contributed by atoms with E-state index in [1.807, 2.05) is 13.0 Å². The van der Waals surface area contributed by atoms with Gasteiger partial charge in [0.25, 0.3) is 0 Å². The maximum absolute atomic E-state index is 13.4. The molecule has 0 aliphatic rings. The molecule has 37 heavy (non-hydrogen) atoms. The third-order valence-electron chi connectivity index (χ3n) is 5.53. The minimum Gasteiger partial charge on any atom is -0.493 e. The second-order valence-corrected chi connectivity index (χ2v) is 7.99. The number of hydrogen-bond donors (Lipinski definition) is 1. The molecular formula is C26H22FN7O3. The van der Waals surface area contributed by atoms with Crippen LogP contribution in [0, 0.1) is 12.7 Å². The number of benzene rings is 2. The molecule has 0 aliphatic heterocycles. The summed E-state index contributed by atoms with van der Waals surface area (Å²) in [4.78, 5) is 21.5. The summed E-state index contributed by atoms with van der Waals surface area (Å²) in [6.45, 7) is 1.81. The highest BCUT2D eigenvalue weighted by molar-refractivity contribution is 6.01. The highest BCUT2D eigenvalue weighted by atomic mass is 19.1. The summed E-state index contributed by atoms with van der Waals surface area (Å²) in [6.07, 6.45) is 6.07. The number of halogens is 1. The molecule has 2 aromatic carbocycles. The minimum atomic E-state index is -0.358. The number of carbonyl (C=O) groups is 1. The van der Waals surface area contributed by atoms with E-state index in [2.05, 4.69) is 25.5 Å². The molecule has 5 rings (SSSR count). The van der Waals surface area contributed by atoms with Crippen LogP contribution in [-0.4, -0.2) is 49.7 Å². The molecule has 0 aliphatic carbocycles. The van der Waals surface area contributed by atoms with E-state index >= 15 is 0 Å². The van der Waals surface area contributed by atoms with Gasteiger partial charge in [0, 0.05) is 12.1 Å². The molecule has 1 amide bonds. The molecule has 3 aromatic heterocycles. The number of fused-ring (bicyclic) bond motifs is 1. The Balaban J connectivity index is 1.43. The van der Waals surface area contributed by atoms with Crippen LogP contribution in [0.4, 0.5) is 10.2 Å². The van der Waals surface area contributed by atoms with Gasteiger partial charge in [-0.3, -0.25) is 4.79 Å². The average molecular weight is 500 g/mol. The van der Waals surface area contributed by atoms with E-state index in [-0.39, 0.29) is 11.7 Å². The number of amides is 1. The lowest BCUT2D eigenvalue weighted by Crippen LogP contribution is -2.13. The van der Waals surface area contributed by atoms with E-state index < -0.39 is 0 Å². The van der Waals surface area contributed by atoms with Gasteiger partial charge in [0.2, 0.25) is 5.91 Å². The van der Waals surface area contributed by atoms with Crippen LogP contribution in [0.25, 0.3) is 28.6 Å². The molecule has 0 fully saturated rings. The monoisotopic (exact) mass is 499 g/mol. The number of carbonyl (C=O) groups excluding carboxylic acids is 1. The van der Waals surface area contributed by atoms with Gasteiger partial charge in [-0.25, -0.2) is 19.0 Å². The SMILES string of the molecule is COc1ccc(/C=C/C(=O)Nc2cc(C)nn2-c2ncnc3c2cnn3-c2ccc(F)cc2)cc1OC. The maximum Gasteiger partial charge on any atom is 0.249 e. The van der Waals surface area contributed by atoms with Crippen LogP contribution < -0.4 is 14.8 Å². The second kappa shape index (κ2) is 9.90.